The van der Waals surface area contributed by atoms with Crippen LogP contribution >= 0.6 is 11.3 Å². The maximum Gasteiger partial charge on any atom is 0.337 e. The van der Waals surface area contributed by atoms with E-state index in [2.05, 4.69) is 10.3 Å². The minimum absolute atomic E-state index is 0.363. The van der Waals surface area contributed by atoms with Crippen molar-refractivity contribution in [2.24, 2.45) is 0 Å². The van der Waals surface area contributed by atoms with Crippen molar-refractivity contribution in [3.05, 3.63) is 59.5 Å². The number of rotatable bonds is 6. The van der Waals surface area contributed by atoms with Crippen LogP contribution in [0.2, 0.25) is 0 Å². The molecule has 128 valence electrons. The molecule has 0 fully saturated rings. The third-order valence-electron chi connectivity index (χ3n) is 3.50. The number of nitrogens with one attached hydrogen (secondary N) is 1. The second kappa shape index (κ2) is 7.81. The molecule has 2 aromatic carbocycles. The van der Waals surface area contributed by atoms with E-state index < -0.39 is 0 Å². The lowest BCUT2D eigenvalue weighted by atomic mass is 10.2. The highest BCUT2D eigenvalue weighted by Gasteiger charge is 2.08. The summed E-state index contributed by atoms with van der Waals surface area (Å²) in [7, 11) is 1.37. The number of carbonyl (C=O) groups is 1. The number of nitrogens with zero attached hydrogens (tertiary/aromatic N) is 1. The number of esters is 1. The van der Waals surface area contributed by atoms with E-state index in [4.69, 9.17) is 9.47 Å². The van der Waals surface area contributed by atoms with Crippen LogP contribution in [0.25, 0.3) is 11.3 Å². The molecule has 5 nitrogen and oxygen atoms in total. The van der Waals surface area contributed by atoms with E-state index in [1.165, 1.54) is 18.4 Å². The molecule has 3 rings (SSSR count). The molecule has 0 amide bonds. The van der Waals surface area contributed by atoms with Crippen molar-refractivity contribution in [3.8, 4) is 17.0 Å². The van der Waals surface area contributed by atoms with Gasteiger partial charge in [0, 0.05) is 16.6 Å². The first kappa shape index (κ1) is 17.0. The Labute approximate surface area is 150 Å². The molecule has 0 aliphatic carbocycles. The molecule has 0 saturated heterocycles. The normalized spacial score (nSPS) is 10.3. The predicted molar refractivity (Wildman–Crippen MR) is 99.8 cm³/mol. The van der Waals surface area contributed by atoms with Crippen LogP contribution in [-0.2, 0) is 4.74 Å². The Morgan fingerprint density at radius 3 is 2.72 bits per heavy atom. The highest BCUT2D eigenvalue weighted by molar-refractivity contribution is 7.14. The third-order valence-corrected chi connectivity index (χ3v) is 4.26. The van der Waals surface area contributed by atoms with Crippen molar-refractivity contribution in [1.29, 1.82) is 0 Å². The largest absolute Gasteiger partial charge is 0.494 e. The smallest absolute Gasteiger partial charge is 0.337 e. The molecule has 25 heavy (non-hydrogen) atoms. The maximum absolute atomic E-state index is 11.6. The van der Waals surface area contributed by atoms with Crippen LogP contribution in [0.3, 0.4) is 0 Å². The first-order valence-corrected chi connectivity index (χ1v) is 8.71. The Hall–Kier alpha value is -2.86. The lowest BCUT2D eigenvalue weighted by molar-refractivity contribution is 0.0601. The van der Waals surface area contributed by atoms with Crippen LogP contribution < -0.4 is 10.1 Å². The second-order valence-corrected chi connectivity index (χ2v) is 6.05. The SMILES string of the molecule is CCOc1ccc(-c2csc(Nc3cccc(C(=O)OC)c3)n2)cc1. The molecule has 6 heteroatoms. The molecule has 1 aromatic heterocycles. The molecule has 0 radical (unpaired) electrons. The molecule has 1 N–H and O–H groups in total. The van der Waals surface area contributed by atoms with Crippen molar-refractivity contribution >= 4 is 28.1 Å². The van der Waals surface area contributed by atoms with Gasteiger partial charge in [-0.3, -0.25) is 0 Å². The minimum Gasteiger partial charge on any atom is -0.494 e. The summed E-state index contributed by atoms with van der Waals surface area (Å²) in [4.78, 5) is 16.2. The fourth-order valence-corrected chi connectivity index (χ4v) is 3.06. The van der Waals surface area contributed by atoms with Gasteiger partial charge in [0.25, 0.3) is 0 Å². The van der Waals surface area contributed by atoms with Crippen molar-refractivity contribution < 1.29 is 14.3 Å². The predicted octanol–water partition coefficient (Wildman–Crippen LogP) is 4.74. The first-order chi connectivity index (χ1) is 12.2. The Bertz CT molecular complexity index is 859. The van der Waals surface area contributed by atoms with Gasteiger partial charge < -0.3 is 14.8 Å². The van der Waals surface area contributed by atoms with Crippen LogP contribution in [0, 0.1) is 0 Å². The molecule has 0 atom stereocenters. The van der Waals surface area contributed by atoms with Gasteiger partial charge in [0.15, 0.2) is 5.13 Å². The van der Waals surface area contributed by atoms with Crippen molar-refractivity contribution in [3.63, 3.8) is 0 Å². The Morgan fingerprint density at radius 2 is 2.00 bits per heavy atom. The molecule has 1 heterocycles. The van der Waals surface area contributed by atoms with E-state index in [0.717, 1.165) is 27.8 Å². The zero-order chi connectivity index (χ0) is 17.6. The number of ether oxygens (including phenoxy) is 2. The Balaban J connectivity index is 1.74. The zero-order valence-electron chi connectivity index (χ0n) is 14.0. The summed E-state index contributed by atoms with van der Waals surface area (Å²) in [5, 5.41) is 5.96. The van der Waals surface area contributed by atoms with Gasteiger partial charge in [-0.1, -0.05) is 6.07 Å². The van der Waals surface area contributed by atoms with Gasteiger partial charge in [0.05, 0.1) is 25.0 Å². The van der Waals surface area contributed by atoms with Crippen LogP contribution in [0.1, 0.15) is 17.3 Å². The Morgan fingerprint density at radius 1 is 1.20 bits per heavy atom. The number of hydrogen-bond donors (Lipinski definition) is 1. The van der Waals surface area contributed by atoms with Gasteiger partial charge in [-0.2, -0.15) is 0 Å². The van der Waals surface area contributed by atoms with E-state index in [1.54, 1.807) is 18.2 Å². The van der Waals surface area contributed by atoms with E-state index >= 15 is 0 Å². The number of carbonyl (C=O) groups excluding carboxylic acids is 1. The number of hydrogen-bond acceptors (Lipinski definition) is 6. The van der Waals surface area contributed by atoms with Gasteiger partial charge in [-0.05, 0) is 49.4 Å². The summed E-state index contributed by atoms with van der Waals surface area (Å²) in [5.74, 6) is 0.484. The van der Waals surface area contributed by atoms with E-state index in [0.29, 0.717) is 12.2 Å². The van der Waals surface area contributed by atoms with Gasteiger partial charge in [0.2, 0.25) is 0 Å². The monoisotopic (exact) mass is 354 g/mol. The number of thiazole rings is 1. The quantitative estimate of drug-likeness (QED) is 0.648. The summed E-state index contributed by atoms with van der Waals surface area (Å²) >= 11 is 1.50. The standard InChI is InChI=1S/C19H18N2O3S/c1-3-24-16-9-7-13(8-10-16)17-12-25-19(21-17)20-15-6-4-5-14(11-15)18(22)23-2/h4-12H,3H2,1-2H3,(H,20,21). The van der Waals surface area contributed by atoms with Gasteiger partial charge in [-0.25, -0.2) is 9.78 Å². The topological polar surface area (TPSA) is 60.5 Å². The minimum atomic E-state index is -0.363. The highest BCUT2D eigenvalue weighted by Crippen LogP contribution is 2.28. The Kier molecular flexibility index (Phi) is 5.30. The third kappa shape index (κ3) is 4.16. The second-order valence-electron chi connectivity index (χ2n) is 5.19. The lowest BCUT2D eigenvalue weighted by Crippen LogP contribution is -2.01. The van der Waals surface area contributed by atoms with Crippen molar-refractivity contribution in [2.45, 2.75) is 6.92 Å². The van der Waals surface area contributed by atoms with Gasteiger partial charge in [-0.15, -0.1) is 11.3 Å². The molecule has 0 bridgehead atoms. The van der Waals surface area contributed by atoms with Gasteiger partial charge in [0.1, 0.15) is 5.75 Å². The van der Waals surface area contributed by atoms with E-state index in [9.17, 15) is 4.79 Å². The molecule has 0 aliphatic heterocycles. The fourth-order valence-electron chi connectivity index (χ4n) is 2.32. The number of methoxy groups -OCH3 is 1. The van der Waals surface area contributed by atoms with E-state index in [-0.39, 0.29) is 5.97 Å². The average molecular weight is 354 g/mol. The van der Waals surface area contributed by atoms with Crippen LogP contribution in [0.15, 0.2) is 53.9 Å². The first-order valence-electron chi connectivity index (χ1n) is 7.83. The summed E-state index contributed by atoms with van der Waals surface area (Å²) in [6.45, 7) is 2.61. The zero-order valence-corrected chi connectivity index (χ0v) is 14.8. The maximum atomic E-state index is 11.6. The summed E-state index contributed by atoms with van der Waals surface area (Å²) in [5.41, 5.74) is 3.20. The summed E-state index contributed by atoms with van der Waals surface area (Å²) in [6.07, 6.45) is 0. The molecule has 0 aliphatic rings. The molecule has 0 spiro atoms. The molecule has 3 aromatic rings. The summed E-state index contributed by atoms with van der Waals surface area (Å²) in [6, 6.07) is 15.0. The fraction of sp³-hybridized carbons (Fsp3) is 0.158. The van der Waals surface area contributed by atoms with E-state index in [1.807, 2.05) is 42.6 Å². The molecule has 0 saturated carbocycles. The highest BCUT2D eigenvalue weighted by atomic mass is 32.1. The lowest BCUT2D eigenvalue weighted by Gasteiger charge is -2.05. The molecular formula is C19H18N2O3S. The van der Waals surface area contributed by atoms with Crippen LogP contribution in [0.5, 0.6) is 5.75 Å². The van der Waals surface area contributed by atoms with Crippen LogP contribution in [-0.4, -0.2) is 24.7 Å². The van der Waals surface area contributed by atoms with Crippen molar-refractivity contribution in [1.82, 2.24) is 4.98 Å². The average Bonchev–Trinajstić information content (AvgIpc) is 3.10. The van der Waals surface area contributed by atoms with Crippen molar-refractivity contribution in [2.75, 3.05) is 19.0 Å². The molecule has 0 unspecified atom stereocenters. The molecular weight excluding hydrogens is 336 g/mol. The number of anilines is 2. The number of benzene rings is 2. The van der Waals surface area contributed by atoms with Crippen LogP contribution in [0.4, 0.5) is 10.8 Å². The number of aromatic nitrogens is 1. The summed E-state index contributed by atoms with van der Waals surface area (Å²) < 4.78 is 10.2. The van der Waals surface area contributed by atoms with Gasteiger partial charge >= 0.3 is 5.97 Å².